The Morgan fingerprint density at radius 1 is 1.38 bits per heavy atom. The number of aldehydes is 1. The van der Waals surface area contributed by atoms with Crippen LogP contribution in [-0.4, -0.2) is 14.4 Å². The van der Waals surface area contributed by atoms with Gasteiger partial charge in [0.1, 0.15) is 14.4 Å². The molecule has 0 saturated carbocycles. The van der Waals surface area contributed by atoms with Crippen LogP contribution in [0.3, 0.4) is 0 Å². The predicted octanol–water partition coefficient (Wildman–Crippen LogP) is 2.79. The Bertz CT molecular complexity index is 247. The van der Waals surface area contributed by atoms with E-state index in [1.54, 1.807) is 0 Å². The van der Waals surface area contributed by atoms with Crippen LogP contribution in [0.1, 0.15) is 19.8 Å². The van der Waals surface area contributed by atoms with E-state index in [2.05, 4.69) is 31.1 Å². The molecule has 0 bridgehead atoms. The van der Waals surface area contributed by atoms with Gasteiger partial charge in [0.15, 0.2) is 0 Å². The van der Waals surface area contributed by atoms with Crippen molar-refractivity contribution in [1.82, 2.24) is 0 Å². The van der Waals surface area contributed by atoms with Gasteiger partial charge in [-0.25, -0.2) is 0 Å². The highest BCUT2D eigenvalue weighted by Gasteiger charge is 2.06. The van der Waals surface area contributed by atoms with Gasteiger partial charge in [0.2, 0.25) is 0 Å². The summed E-state index contributed by atoms with van der Waals surface area (Å²) >= 11 is 0. The molecule has 1 nitrogen and oxygen atoms in total. The normalized spacial score (nSPS) is 11.8. The lowest BCUT2D eigenvalue weighted by Crippen LogP contribution is -2.16. The number of unbranched alkanes of at least 4 members (excludes halogenated alkanes) is 1. The van der Waals surface area contributed by atoms with Gasteiger partial charge >= 0.3 is 0 Å². The first-order chi connectivity index (χ1) is 5.95. The van der Waals surface area contributed by atoms with Crippen molar-refractivity contribution < 1.29 is 4.79 Å². The molecule has 0 aliphatic heterocycles. The fraction of sp³-hybridized carbons (Fsp3) is 0.545. The van der Waals surface area contributed by atoms with Crippen molar-refractivity contribution in [3.8, 4) is 11.5 Å². The molecule has 0 aromatic carbocycles. The van der Waals surface area contributed by atoms with Gasteiger partial charge in [-0.1, -0.05) is 25.7 Å². The molecule has 0 saturated heterocycles. The van der Waals surface area contributed by atoms with Crippen LogP contribution < -0.4 is 0 Å². The minimum atomic E-state index is -1.19. The van der Waals surface area contributed by atoms with Gasteiger partial charge in [0.05, 0.1) is 0 Å². The summed E-state index contributed by atoms with van der Waals surface area (Å²) in [6, 6.07) is 0. The summed E-state index contributed by atoms with van der Waals surface area (Å²) < 4.78 is 0. The Labute approximate surface area is 82.2 Å². The summed E-state index contributed by atoms with van der Waals surface area (Å²) in [5.74, 6) is 3.16. The Kier molecular flexibility index (Phi) is 5.41. The maximum Gasteiger partial charge on any atom is 0.145 e. The molecule has 0 fully saturated rings. The number of hydrogen-bond donors (Lipinski definition) is 0. The number of allylic oxidation sites excluding steroid dienone is 2. The molecule has 0 heterocycles. The molecule has 0 unspecified atom stereocenters. The van der Waals surface area contributed by atoms with Crippen molar-refractivity contribution in [3.63, 3.8) is 0 Å². The smallest absolute Gasteiger partial charge is 0.145 e. The van der Waals surface area contributed by atoms with Crippen LogP contribution in [0.2, 0.25) is 19.6 Å². The van der Waals surface area contributed by atoms with Crippen LogP contribution in [0.5, 0.6) is 0 Å². The summed E-state index contributed by atoms with van der Waals surface area (Å²) in [6.07, 6.45) is 4.58. The zero-order valence-electron chi connectivity index (χ0n) is 8.98. The quantitative estimate of drug-likeness (QED) is 0.222. The van der Waals surface area contributed by atoms with Crippen LogP contribution in [0, 0.1) is 11.5 Å². The standard InChI is InChI=1S/C11H18OSi/c1-11(10-12)8-6-5-7-9-13(2,3)4/h8,10H,5-6H2,1-4H3/b11-8+. The molecule has 13 heavy (non-hydrogen) atoms. The van der Waals surface area contributed by atoms with Gasteiger partial charge in [-0.15, -0.1) is 11.5 Å². The van der Waals surface area contributed by atoms with Gasteiger partial charge in [0.25, 0.3) is 0 Å². The predicted molar refractivity (Wildman–Crippen MR) is 60.2 cm³/mol. The Morgan fingerprint density at radius 3 is 2.46 bits per heavy atom. The first-order valence-electron chi connectivity index (χ1n) is 4.57. The molecule has 0 spiro atoms. The summed E-state index contributed by atoms with van der Waals surface area (Å²) in [7, 11) is -1.19. The molecule has 0 radical (unpaired) electrons. The SMILES string of the molecule is C/C(C=O)=C\CCC#C[Si](C)(C)C. The first-order valence-corrected chi connectivity index (χ1v) is 8.07. The maximum atomic E-state index is 10.2. The first kappa shape index (κ1) is 12.2. The van der Waals surface area contributed by atoms with E-state index in [0.29, 0.717) is 0 Å². The average molecular weight is 194 g/mol. The van der Waals surface area contributed by atoms with Gasteiger partial charge in [-0.3, -0.25) is 4.79 Å². The molecule has 0 atom stereocenters. The van der Waals surface area contributed by atoms with Crippen LogP contribution >= 0.6 is 0 Å². The van der Waals surface area contributed by atoms with Crippen molar-refractivity contribution in [3.05, 3.63) is 11.6 Å². The van der Waals surface area contributed by atoms with Gasteiger partial charge < -0.3 is 0 Å². The number of rotatable bonds is 3. The highest BCUT2D eigenvalue weighted by molar-refractivity contribution is 6.83. The molecule has 0 aliphatic carbocycles. The second-order valence-electron chi connectivity index (χ2n) is 4.16. The van der Waals surface area contributed by atoms with E-state index in [-0.39, 0.29) is 0 Å². The zero-order valence-corrected chi connectivity index (χ0v) is 9.98. The lowest BCUT2D eigenvalue weighted by atomic mass is 10.2. The van der Waals surface area contributed by atoms with E-state index < -0.39 is 8.07 Å². The monoisotopic (exact) mass is 194 g/mol. The van der Waals surface area contributed by atoms with Crippen LogP contribution in [0.4, 0.5) is 0 Å². The van der Waals surface area contributed by atoms with Crippen LogP contribution in [0.25, 0.3) is 0 Å². The lowest BCUT2D eigenvalue weighted by molar-refractivity contribution is -0.104. The number of carbonyl (C=O) groups is 1. The van der Waals surface area contributed by atoms with Crippen molar-refractivity contribution in [1.29, 1.82) is 0 Å². The zero-order chi connectivity index (χ0) is 10.3. The molecular weight excluding hydrogens is 176 g/mol. The summed E-state index contributed by atoms with van der Waals surface area (Å²) in [4.78, 5) is 10.2. The third kappa shape index (κ3) is 9.10. The summed E-state index contributed by atoms with van der Waals surface area (Å²) in [5, 5.41) is 0. The third-order valence-corrected chi connectivity index (χ3v) is 2.31. The molecule has 0 aromatic rings. The molecule has 72 valence electrons. The second-order valence-corrected chi connectivity index (χ2v) is 8.91. The van der Waals surface area contributed by atoms with E-state index in [0.717, 1.165) is 24.7 Å². The minimum absolute atomic E-state index is 0.801. The van der Waals surface area contributed by atoms with Gasteiger partial charge in [-0.2, -0.15) is 0 Å². The van der Waals surface area contributed by atoms with Crippen molar-refractivity contribution in [2.24, 2.45) is 0 Å². The van der Waals surface area contributed by atoms with Crippen LogP contribution in [-0.2, 0) is 4.79 Å². The number of hydrogen-bond acceptors (Lipinski definition) is 1. The van der Waals surface area contributed by atoms with Crippen molar-refractivity contribution in [2.75, 3.05) is 0 Å². The third-order valence-electron chi connectivity index (χ3n) is 1.38. The van der Waals surface area contributed by atoms with Gasteiger partial charge in [0, 0.05) is 6.42 Å². The fourth-order valence-corrected chi connectivity index (χ4v) is 1.40. The van der Waals surface area contributed by atoms with E-state index in [1.807, 2.05) is 13.0 Å². The van der Waals surface area contributed by atoms with Gasteiger partial charge in [-0.05, 0) is 18.9 Å². The Balaban J connectivity index is 3.79. The second kappa shape index (κ2) is 5.77. The lowest BCUT2D eigenvalue weighted by Gasteiger charge is -2.02. The molecule has 0 N–H and O–H groups in total. The van der Waals surface area contributed by atoms with E-state index in [9.17, 15) is 4.79 Å². The van der Waals surface area contributed by atoms with Crippen molar-refractivity contribution >= 4 is 14.4 Å². The van der Waals surface area contributed by atoms with Crippen molar-refractivity contribution in [2.45, 2.75) is 39.4 Å². The molecule has 2 heteroatoms. The molecular formula is C11H18OSi. The molecule has 0 rings (SSSR count). The molecule has 0 aromatic heterocycles. The molecule has 0 amide bonds. The van der Waals surface area contributed by atoms with Crippen LogP contribution in [0.15, 0.2) is 11.6 Å². The Hall–Kier alpha value is -0.813. The highest BCUT2D eigenvalue weighted by Crippen LogP contribution is 1.98. The van der Waals surface area contributed by atoms with E-state index in [4.69, 9.17) is 0 Å². The maximum absolute atomic E-state index is 10.2. The fourth-order valence-electron chi connectivity index (χ4n) is 0.748. The largest absolute Gasteiger partial charge is 0.298 e. The topological polar surface area (TPSA) is 17.1 Å². The summed E-state index contributed by atoms with van der Waals surface area (Å²) in [5.41, 5.74) is 4.09. The summed E-state index contributed by atoms with van der Waals surface area (Å²) in [6.45, 7) is 8.50. The molecule has 0 aliphatic rings. The van der Waals surface area contributed by atoms with E-state index in [1.165, 1.54) is 0 Å². The van der Waals surface area contributed by atoms with E-state index >= 15 is 0 Å². The highest BCUT2D eigenvalue weighted by atomic mass is 28.3. The minimum Gasteiger partial charge on any atom is -0.298 e. The Morgan fingerprint density at radius 2 is 2.00 bits per heavy atom. The average Bonchev–Trinajstić information content (AvgIpc) is 2.01. The number of carbonyl (C=O) groups excluding carboxylic acids is 1.